The number of halogens is 2. The van der Waals surface area contributed by atoms with Crippen LogP contribution in [0.2, 0.25) is 0 Å². The molecule has 0 bridgehead atoms. The number of guanidine groups is 1. The minimum Gasteiger partial charge on any atom is -0.486 e. The monoisotopic (exact) mass is 516 g/mol. The molecule has 156 valence electrons. The van der Waals surface area contributed by atoms with Gasteiger partial charge in [-0.1, -0.05) is 12.1 Å². The molecule has 3 N–H and O–H groups in total. The van der Waals surface area contributed by atoms with Crippen LogP contribution >= 0.6 is 24.0 Å². The summed E-state index contributed by atoms with van der Waals surface area (Å²) in [6.45, 7) is 7.35. The average Bonchev–Trinajstić information content (AvgIpc) is 2.61. The van der Waals surface area contributed by atoms with Crippen LogP contribution in [0.1, 0.15) is 27.2 Å². The van der Waals surface area contributed by atoms with Crippen LogP contribution in [-0.2, 0) is 10.0 Å². The summed E-state index contributed by atoms with van der Waals surface area (Å²) in [5.41, 5.74) is 0. The van der Waals surface area contributed by atoms with Crippen LogP contribution in [0.15, 0.2) is 29.3 Å². The van der Waals surface area contributed by atoms with E-state index >= 15 is 0 Å². The number of ether oxygens (including phenoxy) is 1. The summed E-state index contributed by atoms with van der Waals surface area (Å²) in [6.07, 6.45) is 0.337. The molecule has 1 atom stereocenters. The predicted octanol–water partition coefficient (Wildman–Crippen LogP) is 2.10. The van der Waals surface area contributed by atoms with Crippen LogP contribution < -0.4 is 20.1 Å². The minimum atomic E-state index is -3.16. The van der Waals surface area contributed by atoms with Crippen molar-refractivity contribution < 1.29 is 17.5 Å². The molecule has 0 saturated heterocycles. The average molecular weight is 516 g/mol. The third-order valence-electron chi connectivity index (χ3n) is 3.36. The zero-order valence-electron chi connectivity index (χ0n) is 16.0. The molecule has 0 fully saturated rings. The Morgan fingerprint density at radius 2 is 1.93 bits per heavy atom. The Kier molecular flexibility index (Phi) is 13.4. The number of hydrogen-bond acceptors (Lipinski definition) is 4. The van der Waals surface area contributed by atoms with Crippen molar-refractivity contribution >= 4 is 40.0 Å². The molecular weight excluding hydrogens is 486 g/mol. The van der Waals surface area contributed by atoms with Gasteiger partial charge < -0.3 is 15.4 Å². The van der Waals surface area contributed by atoms with Crippen LogP contribution in [0.25, 0.3) is 0 Å². The van der Waals surface area contributed by atoms with Gasteiger partial charge >= 0.3 is 0 Å². The molecule has 1 rings (SSSR count). The molecule has 1 aromatic carbocycles. The normalized spacial score (nSPS) is 12.8. The lowest BCUT2D eigenvalue weighted by atomic mass is 10.3. The first-order chi connectivity index (χ1) is 12.4. The largest absolute Gasteiger partial charge is 0.486 e. The molecule has 10 heteroatoms. The van der Waals surface area contributed by atoms with E-state index in [4.69, 9.17) is 4.74 Å². The Morgan fingerprint density at radius 3 is 2.56 bits per heavy atom. The third kappa shape index (κ3) is 11.3. The van der Waals surface area contributed by atoms with E-state index in [2.05, 4.69) is 20.3 Å². The van der Waals surface area contributed by atoms with Gasteiger partial charge in [0.05, 0.1) is 12.3 Å². The van der Waals surface area contributed by atoms with Gasteiger partial charge in [-0.05, 0) is 39.3 Å². The number of nitrogens with one attached hydrogen (secondary N) is 3. The van der Waals surface area contributed by atoms with Gasteiger partial charge in [0, 0.05) is 19.6 Å². The predicted molar refractivity (Wildman–Crippen MR) is 118 cm³/mol. The van der Waals surface area contributed by atoms with Crippen LogP contribution in [0.4, 0.5) is 4.39 Å². The lowest BCUT2D eigenvalue weighted by Crippen LogP contribution is -2.39. The quantitative estimate of drug-likeness (QED) is 0.181. The van der Waals surface area contributed by atoms with E-state index in [1.54, 1.807) is 25.1 Å². The van der Waals surface area contributed by atoms with Crippen molar-refractivity contribution in [3.05, 3.63) is 30.1 Å². The van der Waals surface area contributed by atoms with E-state index < -0.39 is 15.8 Å². The molecule has 0 saturated carbocycles. The van der Waals surface area contributed by atoms with Gasteiger partial charge in [-0.2, -0.15) is 0 Å². The van der Waals surface area contributed by atoms with Crippen molar-refractivity contribution in [3.8, 4) is 5.75 Å². The van der Waals surface area contributed by atoms with Crippen molar-refractivity contribution in [2.24, 2.45) is 4.99 Å². The van der Waals surface area contributed by atoms with E-state index in [0.29, 0.717) is 38.6 Å². The Morgan fingerprint density at radius 1 is 1.22 bits per heavy atom. The highest BCUT2D eigenvalue weighted by Gasteiger charge is 2.08. The highest BCUT2D eigenvalue weighted by atomic mass is 127. The number of rotatable bonds is 11. The summed E-state index contributed by atoms with van der Waals surface area (Å²) < 4.78 is 44.3. The van der Waals surface area contributed by atoms with E-state index in [1.807, 2.05) is 13.8 Å². The van der Waals surface area contributed by atoms with Gasteiger partial charge in [0.15, 0.2) is 17.5 Å². The Balaban J connectivity index is 0.00000676. The van der Waals surface area contributed by atoms with Crippen LogP contribution in [0, 0.1) is 5.82 Å². The molecule has 1 unspecified atom stereocenters. The Labute approximate surface area is 178 Å². The van der Waals surface area contributed by atoms with Crippen molar-refractivity contribution in [1.82, 2.24) is 15.4 Å². The van der Waals surface area contributed by atoms with Crippen molar-refractivity contribution in [2.75, 3.05) is 31.9 Å². The molecule has 27 heavy (non-hydrogen) atoms. The standard InChI is InChI=1S/C17H29FN4O3S.HI/c1-4-19-17(20-11-8-12-22-26(23,24)5-2)21-13-14(3)25-16-10-7-6-9-15(16)18;/h6-7,9-10,14,22H,4-5,8,11-13H2,1-3H3,(H2,19,20,21);1H. The fourth-order valence-electron chi connectivity index (χ4n) is 1.98. The van der Waals surface area contributed by atoms with Crippen LogP contribution in [0.3, 0.4) is 0 Å². The number of sulfonamides is 1. The summed E-state index contributed by atoms with van der Waals surface area (Å²) in [7, 11) is -3.16. The maximum absolute atomic E-state index is 13.6. The fraction of sp³-hybridized carbons (Fsp3) is 0.588. The van der Waals surface area contributed by atoms with Gasteiger partial charge in [0.1, 0.15) is 6.10 Å². The second-order valence-electron chi connectivity index (χ2n) is 5.66. The first-order valence-electron chi connectivity index (χ1n) is 8.78. The smallest absolute Gasteiger partial charge is 0.211 e. The molecule has 0 aliphatic carbocycles. The molecule has 0 radical (unpaired) electrons. The molecule has 0 amide bonds. The third-order valence-corrected chi connectivity index (χ3v) is 4.77. The molecule has 0 aromatic heterocycles. The minimum absolute atomic E-state index is 0. The van der Waals surface area contributed by atoms with Gasteiger partial charge in [0.2, 0.25) is 10.0 Å². The summed E-state index contributed by atoms with van der Waals surface area (Å²) in [5, 5.41) is 6.23. The SMILES string of the molecule is CCNC(=NCC(C)Oc1ccccc1F)NCCCNS(=O)(=O)CC.I. The zero-order valence-corrected chi connectivity index (χ0v) is 19.1. The van der Waals surface area contributed by atoms with Gasteiger partial charge in [-0.15, -0.1) is 24.0 Å². The molecule has 0 aliphatic heterocycles. The summed E-state index contributed by atoms with van der Waals surface area (Å²) in [4.78, 5) is 4.41. The van der Waals surface area contributed by atoms with E-state index in [9.17, 15) is 12.8 Å². The highest BCUT2D eigenvalue weighted by Crippen LogP contribution is 2.16. The van der Waals surface area contributed by atoms with Gasteiger partial charge in [-0.25, -0.2) is 22.5 Å². The molecular formula is C17H30FIN4O3S. The first-order valence-corrected chi connectivity index (χ1v) is 10.4. The van der Waals surface area contributed by atoms with E-state index in [1.165, 1.54) is 6.07 Å². The number of benzene rings is 1. The van der Waals surface area contributed by atoms with Gasteiger partial charge in [-0.3, -0.25) is 0 Å². The second-order valence-corrected chi connectivity index (χ2v) is 7.75. The second kappa shape index (κ2) is 13.9. The molecule has 1 aromatic rings. The lowest BCUT2D eigenvalue weighted by molar-refractivity contribution is 0.220. The van der Waals surface area contributed by atoms with Gasteiger partial charge in [0.25, 0.3) is 0 Å². The number of nitrogens with zero attached hydrogens (tertiary/aromatic N) is 1. The Bertz CT molecular complexity index is 674. The summed E-state index contributed by atoms with van der Waals surface area (Å²) in [6, 6.07) is 6.26. The number of para-hydroxylation sites is 1. The maximum Gasteiger partial charge on any atom is 0.211 e. The number of aliphatic imine (C=N–C) groups is 1. The first kappa shape index (κ1) is 25.9. The summed E-state index contributed by atoms with van der Waals surface area (Å²) in [5.74, 6) is 0.485. The van der Waals surface area contributed by atoms with Crippen molar-refractivity contribution in [1.29, 1.82) is 0 Å². The molecule has 7 nitrogen and oxygen atoms in total. The van der Waals surface area contributed by atoms with Crippen molar-refractivity contribution in [3.63, 3.8) is 0 Å². The van der Waals surface area contributed by atoms with Crippen LogP contribution in [-0.4, -0.2) is 52.4 Å². The topological polar surface area (TPSA) is 91.8 Å². The maximum atomic E-state index is 13.6. The fourth-order valence-corrected chi connectivity index (χ4v) is 2.64. The van der Waals surface area contributed by atoms with E-state index in [-0.39, 0.29) is 41.6 Å². The summed E-state index contributed by atoms with van der Waals surface area (Å²) >= 11 is 0. The highest BCUT2D eigenvalue weighted by molar-refractivity contribution is 14.0. The van der Waals surface area contributed by atoms with Crippen LogP contribution in [0.5, 0.6) is 5.75 Å². The Hall–Kier alpha value is -1.14. The van der Waals surface area contributed by atoms with E-state index in [0.717, 1.165) is 0 Å². The molecule has 0 aliphatic rings. The molecule has 0 spiro atoms. The number of hydrogen-bond donors (Lipinski definition) is 3. The lowest BCUT2D eigenvalue weighted by Gasteiger charge is -2.15. The van der Waals surface area contributed by atoms with Crippen molar-refractivity contribution in [2.45, 2.75) is 33.3 Å². The zero-order chi connectivity index (χ0) is 19.4. The molecule has 0 heterocycles.